The topological polar surface area (TPSA) is 56.1 Å². The van der Waals surface area contributed by atoms with E-state index in [1.807, 2.05) is 35.7 Å². The molecule has 1 amide bonds. The summed E-state index contributed by atoms with van der Waals surface area (Å²) < 4.78 is 11.8. The van der Waals surface area contributed by atoms with Gasteiger partial charge >= 0.3 is 0 Å². The van der Waals surface area contributed by atoms with E-state index in [1.54, 1.807) is 36.5 Å². The minimum absolute atomic E-state index is 0.0911. The van der Waals surface area contributed by atoms with Crippen molar-refractivity contribution >= 4 is 50.0 Å². The Labute approximate surface area is 172 Å². The second-order valence-electron chi connectivity index (χ2n) is 6.44. The molecule has 0 aliphatic rings. The smallest absolute Gasteiger partial charge is 0.253 e. The molecule has 2 heterocycles. The van der Waals surface area contributed by atoms with Crippen LogP contribution in [0.3, 0.4) is 0 Å². The first-order valence-electron chi connectivity index (χ1n) is 8.87. The van der Waals surface area contributed by atoms with Crippen molar-refractivity contribution in [2.24, 2.45) is 0 Å². The molecule has 28 heavy (non-hydrogen) atoms. The second kappa shape index (κ2) is 9.18. The van der Waals surface area contributed by atoms with Gasteiger partial charge < -0.3 is 14.4 Å². The summed E-state index contributed by atoms with van der Waals surface area (Å²) in [7, 11) is 7.37. The molecule has 6 nitrogen and oxygen atoms in total. The van der Waals surface area contributed by atoms with Gasteiger partial charge in [0.15, 0.2) is 5.13 Å². The van der Waals surface area contributed by atoms with Crippen molar-refractivity contribution in [3.05, 3.63) is 40.6 Å². The van der Waals surface area contributed by atoms with Crippen LogP contribution in [0.4, 0.5) is 5.13 Å². The van der Waals surface area contributed by atoms with Gasteiger partial charge in [-0.15, -0.1) is 11.3 Å². The Morgan fingerprint density at radius 2 is 1.96 bits per heavy atom. The van der Waals surface area contributed by atoms with E-state index in [4.69, 9.17) is 14.5 Å². The first kappa shape index (κ1) is 20.3. The predicted octanol–water partition coefficient (Wildman–Crippen LogP) is 2.57. The van der Waals surface area contributed by atoms with Gasteiger partial charge in [-0.2, -0.15) is 0 Å². The van der Waals surface area contributed by atoms with Crippen molar-refractivity contribution in [2.45, 2.75) is 0 Å². The molecule has 0 aliphatic carbocycles. The summed E-state index contributed by atoms with van der Waals surface area (Å²) in [6.45, 7) is 1.38. The van der Waals surface area contributed by atoms with Crippen LogP contribution < -0.4 is 19.3 Å². The number of methoxy groups -OCH3 is 2. The highest BCUT2D eigenvalue weighted by Gasteiger charge is 2.22. The largest absolute Gasteiger partial charge is 0.495 e. The number of amides is 1. The van der Waals surface area contributed by atoms with Crippen LogP contribution in [0.2, 0.25) is 0 Å². The molecule has 0 saturated carbocycles. The van der Waals surface area contributed by atoms with E-state index in [1.165, 1.54) is 16.2 Å². The summed E-state index contributed by atoms with van der Waals surface area (Å²) in [5.41, 5.74) is 0.707. The number of nitrogens with one attached hydrogen (secondary N) is 1. The van der Waals surface area contributed by atoms with E-state index in [9.17, 15) is 4.79 Å². The average Bonchev–Trinajstić information content (AvgIpc) is 3.35. The monoisotopic (exact) mass is 418 g/mol. The van der Waals surface area contributed by atoms with Crippen LogP contribution in [0.5, 0.6) is 11.5 Å². The lowest BCUT2D eigenvalue weighted by atomic mass is 10.3. The fourth-order valence-electron chi connectivity index (χ4n) is 2.65. The summed E-state index contributed by atoms with van der Waals surface area (Å²) in [6, 6.07) is 7.64. The van der Waals surface area contributed by atoms with Crippen LogP contribution in [0.1, 0.15) is 4.88 Å². The fraction of sp³-hybridized carbons (Fsp3) is 0.300. The minimum atomic E-state index is -0.0911. The van der Waals surface area contributed by atoms with Crippen LogP contribution >= 0.6 is 22.7 Å². The molecule has 2 aromatic heterocycles. The zero-order valence-corrected chi connectivity index (χ0v) is 18.0. The highest BCUT2D eigenvalue weighted by molar-refractivity contribution is 7.22. The van der Waals surface area contributed by atoms with Crippen molar-refractivity contribution in [1.82, 2.24) is 4.98 Å². The van der Waals surface area contributed by atoms with Crippen molar-refractivity contribution < 1.29 is 19.2 Å². The first-order chi connectivity index (χ1) is 13.5. The molecular weight excluding hydrogens is 394 g/mol. The number of hydrogen-bond donors (Lipinski definition) is 1. The number of quaternary nitrogens is 1. The number of benzene rings is 1. The van der Waals surface area contributed by atoms with Gasteiger partial charge in [-0.25, -0.2) is 4.98 Å². The number of anilines is 1. The summed E-state index contributed by atoms with van der Waals surface area (Å²) in [6.07, 6.45) is 3.45. The third kappa shape index (κ3) is 4.52. The Bertz CT molecular complexity index is 924. The standard InChI is InChI=1S/C20H23N3O3S2/c1-22(2)11-12-23(17(24)10-7-14-6-5-13-27-14)20-21-18-15(25-3)8-9-16(26-4)19(18)28-20/h5-10,13H,11-12H2,1-4H3/p+1/b10-7+. The fourth-order valence-corrected chi connectivity index (χ4v) is 4.38. The van der Waals surface area contributed by atoms with E-state index in [0.717, 1.165) is 21.9 Å². The maximum absolute atomic E-state index is 13.0. The molecule has 3 aromatic rings. The molecule has 0 saturated heterocycles. The van der Waals surface area contributed by atoms with E-state index < -0.39 is 0 Å². The Morgan fingerprint density at radius 1 is 1.21 bits per heavy atom. The number of aromatic nitrogens is 1. The van der Waals surface area contributed by atoms with E-state index in [-0.39, 0.29) is 5.91 Å². The van der Waals surface area contributed by atoms with Crippen molar-refractivity contribution in [3.8, 4) is 11.5 Å². The molecular formula is C20H24N3O3S2+. The average molecular weight is 419 g/mol. The Morgan fingerprint density at radius 3 is 2.61 bits per heavy atom. The second-order valence-corrected chi connectivity index (χ2v) is 8.40. The molecule has 1 aromatic carbocycles. The molecule has 0 aliphatic heterocycles. The van der Waals surface area contributed by atoms with Crippen LogP contribution in [0.15, 0.2) is 35.7 Å². The molecule has 1 N–H and O–H groups in total. The third-order valence-electron chi connectivity index (χ3n) is 4.16. The molecule has 0 atom stereocenters. The van der Waals surface area contributed by atoms with E-state index in [0.29, 0.717) is 22.9 Å². The molecule has 0 unspecified atom stereocenters. The third-order valence-corrected chi connectivity index (χ3v) is 6.10. The van der Waals surface area contributed by atoms with Crippen LogP contribution in [0, 0.1) is 0 Å². The number of hydrogen-bond acceptors (Lipinski definition) is 6. The highest BCUT2D eigenvalue weighted by atomic mass is 32.1. The minimum Gasteiger partial charge on any atom is -0.495 e. The number of nitrogens with zero attached hydrogens (tertiary/aromatic N) is 2. The summed E-state index contributed by atoms with van der Waals surface area (Å²) in [5.74, 6) is 1.30. The predicted molar refractivity (Wildman–Crippen MR) is 116 cm³/mol. The first-order valence-corrected chi connectivity index (χ1v) is 10.6. The zero-order valence-electron chi connectivity index (χ0n) is 16.4. The van der Waals surface area contributed by atoms with Crippen molar-refractivity contribution in [2.75, 3.05) is 46.3 Å². The quantitative estimate of drug-likeness (QED) is 0.572. The number of thiophene rings is 1. The van der Waals surface area contributed by atoms with Gasteiger partial charge in [-0.3, -0.25) is 9.69 Å². The van der Waals surface area contributed by atoms with Gasteiger partial charge in [0.2, 0.25) is 0 Å². The van der Waals surface area contributed by atoms with Gasteiger partial charge in [-0.1, -0.05) is 17.4 Å². The number of thiazole rings is 1. The molecule has 3 rings (SSSR count). The zero-order chi connectivity index (χ0) is 20.1. The lowest BCUT2D eigenvalue weighted by molar-refractivity contribution is -0.856. The Kier molecular flexibility index (Phi) is 6.66. The van der Waals surface area contributed by atoms with Gasteiger partial charge in [0.1, 0.15) is 21.7 Å². The number of rotatable bonds is 8. The summed E-state index contributed by atoms with van der Waals surface area (Å²) in [4.78, 5) is 21.7. The molecule has 148 valence electrons. The highest BCUT2D eigenvalue weighted by Crippen LogP contribution is 2.40. The SMILES string of the molecule is COc1ccc(OC)c2sc(N(CC[NH+](C)C)C(=O)/C=C/c3cccs3)nc12. The normalized spacial score (nSPS) is 11.5. The number of carbonyl (C=O) groups is 1. The van der Waals surface area contributed by atoms with Gasteiger partial charge in [0.05, 0.1) is 41.4 Å². The van der Waals surface area contributed by atoms with Crippen LogP contribution in [-0.4, -0.2) is 52.3 Å². The van der Waals surface area contributed by atoms with Gasteiger partial charge in [0, 0.05) is 11.0 Å². The van der Waals surface area contributed by atoms with E-state index in [2.05, 4.69) is 14.1 Å². The molecule has 0 fully saturated rings. The lowest BCUT2D eigenvalue weighted by Crippen LogP contribution is -3.06. The number of ether oxygens (including phenoxy) is 2. The number of carbonyl (C=O) groups excluding carboxylic acids is 1. The summed E-state index contributed by atoms with van der Waals surface area (Å²) >= 11 is 3.03. The van der Waals surface area contributed by atoms with Crippen LogP contribution in [0.25, 0.3) is 16.3 Å². The number of likely N-dealkylation sites (N-methyl/N-ethyl adjacent to an activating group) is 1. The van der Waals surface area contributed by atoms with Crippen molar-refractivity contribution in [1.29, 1.82) is 0 Å². The molecule has 0 radical (unpaired) electrons. The number of fused-ring (bicyclic) bond motifs is 1. The van der Waals surface area contributed by atoms with Gasteiger partial charge in [0.25, 0.3) is 5.91 Å². The lowest BCUT2D eigenvalue weighted by Gasteiger charge is -2.19. The summed E-state index contributed by atoms with van der Waals surface area (Å²) in [5, 5.41) is 2.63. The molecule has 0 bridgehead atoms. The van der Waals surface area contributed by atoms with Crippen molar-refractivity contribution in [3.63, 3.8) is 0 Å². The molecule has 8 heteroatoms. The van der Waals surface area contributed by atoms with Crippen LogP contribution in [-0.2, 0) is 4.79 Å². The molecule has 0 spiro atoms. The maximum atomic E-state index is 13.0. The van der Waals surface area contributed by atoms with E-state index >= 15 is 0 Å². The van der Waals surface area contributed by atoms with Gasteiger partial charge in [-0.05, 0) is 29.7 Å². The Hall–Kier alpha value is -2.42. The Balaban J connectivity index is 1.98. The maximum Gasteiger partial charge on any atom is 0.253 e.